The average Bonchev–Trinajstić information content (AvgIpc) is 2.59. The van der Waals surface area contributed by atoms with Crippen LogP contribution in [0.4, 0.5) is 0 Å². The van der Waals surface area contributed by atoms with Crippen LogP contribution in [0.15, 0.2) is 24.3 Å². The monoisotopic (exact) mass is 297 g/mol. The molecule has 2 rings (SSSR count). The summed E-state index contributed by atoms with van der Waals surface area (Å²) in [7, 11) is 1.66. The molecule has 0 aliphatic heterocycles. The van der Waals surface area contributed by atoms with E-state index < -0.39 is 5.54 Å². The van der Waals surface area contributed by atoms with Gasteiger partial charge in [-0.2, -0.15) is 10.5 Å². The lowest BCUT2D eigenvalue weighted by Gasteiger charge is -2.38. The first kappa shape index (κ1) is 15.9. The highest BCUT2D eigenvalue weighted by Crippen LogP contribution is 2.32. The van der Waals surface area contributed by atoms with Crippen LogP contribution in [0.2, 0.25) is 0 Å². The Bertz CT molecular complexity index is 622. The minimum absolute atomic E-state index is 0.168. The number of ether oxygens (including phenoxy) is 1. The SMILES string of the molecule is CN(C(=O)COc1ccccc1C#N)C1(C#N)CCCCC1. The number of nitrogens with zero attached hydrogens (tertiary/aromatic N) is 3. The molecule has 1 fully saturated rings. The standard InChI is InChI=1S/C17H19N3O2/c1-20(17(13-19)9-5-2-6-10-17)16(21)12-22-15-8-4-3-7-14(15)11-18/h3-4,7-8H,2,5-6,9-10,12H2,1H3. The number of amides is 1. The highest BCUT2D eigenvalue weighted by molar-refractivity contribution is 5.79. The van der Waals surface area contributed by atoms with E-state index in [0.29, 0.717) is 24.2 Å². The van der Waals surface area contributed by atoms with Gasteiger partial charge in [-0.15, -0.1) is 0 Å². The van der Waals surface area contributed by atoms with Gasteiger partial charge in [0.1, 0.15) is 17.4 Å². The summed E-state index contributed by atoms with van der Waals surface area (Å²) in [6, 6.07) is 11.1. The third kappa shape index (κ3) is 3.20. The van der Waals surface area contributed by atoms with Gasteiger partial charge in [0.15, 0.2) is 6.61 Å². The van der Waals surface area contributed by atoms with Crippen molar-refractivity contribution in [1.82, 2.24) is 4.90 Å². The zero-order valence-electron chi connectivity index (χ0n) is 12.7. The molecule has 1 aliphatic carbocycles. The van der Waals surface area contributed by atoms with Gasteiger partial charge in [-0.1, -0.05) is 31.4 Å². The van der Waals surface area contributed by atoms with Gasteiger partial charge in [-0.25, -0.2) is 0 Å². The Kier molecular flexibility index (Phi) is 5.01. The van der Waals surface area contributed by atoms with Gasteiger partial charge in [0, 0.05) is 7.05 Å². The molecule has 5 nitrogen and oxygen atoms in total. The Hall–Kier alpha value is -2.53. The number of benzene rings is 1. The Morgan fingerprint density at radius 3 is 2.59 bits per heavy atom. The smallest absolute Gasteiger partial charge is 0.261 e. The Morgan fingerprint density at radius 1 is 1.27 bits per heavy atom. The molecule has 22 heavy (non-hydrogen) atoms. The second-order valence-corrected chi connectivity index (χ2v) is 5.55. The minimum Gasteiger partial charge on any atom is -0.482 e. The third-order valence-corrected chi connectivity index (χ3v) is 4.26. The molecule has 0 aromatic heterocycles. The number of carbonyl (C=O) groups excluding carboxylic acids is 1. The summed E-state index contributed by atoms with van der Waals surface area (Å²) in [4.78, 5) is 13.9. The first-order chi connectivity index (χ1) is 10.6. The van der Waals surface area contributed by atoms with Crippen LogP contribution in [-0.2, 0) is 4.79 Å². The van der Waals surface area contributed by atoms with Gasteiger partial charge in [0.05, 0.1) is 11.6 Å². The van der Waals surface area contributed by atoms with Crippen LogP contribution in [0, 0.1) is 22.7 Å². The topological polar surface area (TPSA) is 77.1 Å². The van der Waals surface area contributed by atoms with Crippen LogP contribution < -0.4 is 4.74 Å². The summed E-state index contributed by atoms with van der Waals surface area (Å²) in [5.41, 5.74) is -0.321. The molecule has 114 valence electrons. The summed E-state index contributed by atoms with van der Waals surface area (Å²) < 4.78 is 5.47. The summed E-state index contributed by atoms with van der Waals surface area (Å²) >= 11 is 0. The fourth-order valence-electron chi connectivity index (χ4n) is 2.82. The lowest BCUT2D eigenvalue weighted by Crippen LogP contribution is -2.51. The van der Waals surface area contributed by atoms with Crippen molar-refractivity contribution in [2.75, 3.05) is 13.7 Å². The van der Waals surface area contributed by atoms with E-state index in [-0.39, 0.29) is 12.5 Å². The average molecular weight is 297 g/mol. The van der Waals surface area contributed by atoms with E-state index in [0.717, 1.165) is 19.3 Å². The van der Waals surface area contributed by atoms with Gasteiger partial charge < -0.3 is 9.64 Å². The second-order valence-electron chi connectivity index (χ2n) is 5.55. The maximum absolute atomic E-state index is 12.3. The van der Waals surface area contributed by atoms with Crippen molar-refractivity contribution in [1.29, 1.82) is 10.5 Å². The quantitative estimate of drug-likeness (QED) is 0.856. The van der Waals surface area contributed by atoms with Gasteiger partial charge >= 0.3 is 0 Å². The molecule has 1 saturated carbocycles. The zero-order valence-corrected chi connectivity index (χ0v) is 12.7. The number of likely N-dealkylation sites (N-methyl/N-ethyl adjacent to an activating group) is 1. The molecule has 1 aromatic rings. The van der Waals surface area contributed by atoms with Crippen molar-refractivity contribution in [3.63, 3.8) is 0 Å². The maximum Gasteiger partial charge on any atom is 0.261 e. The van der Waals surface area contributed by atoms with Crippen molar-refractivity contribution < 1.29 is 9.53 Å². The predicted molar refractivity (Wildman–Crippen MR) is 80.9 cm³/mol. The van der Waals surface area contributed by atoms with Crippen molar-refractivity contribution in [3.8, 4) is 17.9 Å². The van der Waals surface area contributed by atoms with E-state index in [2.05, 4.69) is 6.07 Å². The van der Waals surface area contributed by atoms with E-state index in [1.165, 1.54) is 4.90 Å². The lowest BCUT2D eigenvalue weighted by molar-refractivity contribution is -0.137. The highest BCUT2D eigenvalue weighted by Gasteiger charge is 2.38. The molecule has 5 heteroatoms. The molecular weight excluding hydrogens is 278 g/mol. The van der Waals surface area contributed by atoms with Gasteiger partial charge in [0.25, 0.3) is 5.91 Å². The normalized spacial score (nSPS) is 16.1. The molecule has 1 amide bonds. The van der Waals surface area contributed by atoms with Gasteiger partial charge in [0.2, 0.25) is 0 Å². The Labute approximate surface area is 130 Å². The molecule has 0 heterocycles. The van der Waals surface area contributed by atoms with Crippen LogP contribution in [0.5, 0.6) is 5.75 Å². The number of rotatable bonds is 4. The van der Waals surface area contributed by atoms with Crippen LogP contribution >= 0.6 is 0 Å². The fourth-order valence-corrected chi connectivity index (χ4v) is 2.82. The first-order valence-electron chi connectivity index (χ1n) is 7.43. The molecular formula is C17H19N3O2. The van der Waals surface area contributed by atoms with Crippen molar-refractivity contribution in [2.24, 2.45) is 0 Å². The number of hydrogen-bond acceptors (Lipinski definition) is 4. The molecule has 1 aliphatic rings. The highest BCUT2D eigenvalue weighted by atomic mass is 16.5. The number of carbonyl (C=O) groups is 1. The molecule has 0 atom stereocenters. The second kappa shape index (κ2) is 6.95. The largest absolute Gasteiger partial charge is 0.482 e. The molecule has 0 saturated heterocycles. The molecule has 0 N–H and O–H groups in total. The minimum atomic E-state index is -0.715. The first-order valence-corrected chi connectivity index (χ1v) is 7.43. The number of nitriles is 2. The van der Waals surface area contributed by atoms with E-state index >= 15 is 0 Å². The summed E-state index contributed by atoms with van der Waals surface area (Å²) in [6.45, 7) is -0.168. The van der Waals surface area contributed by atoms with Crippen molar-refractivity contribution in [3.05, 3.63) is 29.8 Å². The summed E-state index contributed by atoms with van der Waals surface area (Å²) in [5.74, 6) is 0.151. The maximum atomic E-state index is 12.3. The molecule has 0 spiro atoms. The van der Waals surface area contributed by atoms with E-state index in [4.69, 9.17) is 10.00 Å². The van der Waals surface area contributed by atoms with Gasteiger partial charge in [-0.3, -0.25) is 4.79 Å². The van der Waals surface area contributed by atoms with Crippen LogP contribution in [0.1, 0.15) is 37.7 Å². The summed E-state index contributed by atoms with van der Waals surface area (Å²) in [5, 5.41) is 18.5. The molecule has 1 aromatic carbocycles. The summed E-state index contributed by atoms with van der Waals surface area (Å²) in [6.07, 6.45) is 4.45. The lowest BCUT2D eigenvalue weighted by atomic mass is 9.81. The molecule has 0 unspecified atom stereocenters. The van der Waals surface area contributed by atoms with Gasteiger partial charge in [-0.05, 0) is 25.0 Å². The Balaban J connectivity index is 2.03. The van der Waals surface area contributed by atoms with E-state index in [1.807, 2.05) is 6.07 Å². The van der Waals surface area contributed by atoms with Crippen molar-refractivity contribution in [2.45, 2.75) is 37.6 Å². The zero-order chi connectivity index (χ0) is 16.0. The molecule has 0 radical (unpaired) electrons. The van der Waals surface area contributed by atoms with Crippen LogP contribution in [0.3, 0.4) is 0 Å². The predicted octanol–water partition coefficient (Wildman–Crippen LogP) is 2.62. The van der Waals surface area contributed by atoms with Crippen molar-refractivity contribution >= 4 is 5.91 Å². The van der Waals surface area contributed by atoms with E-state index in [9.17, 15) is 10.1 Å². The van der Waals surface area contributed by atoms with E-state index in [1.54, 1.807) is 31.3 Å². The fraction of sp³-hybridized carbons (Fsp3) is 0.471. The third-order valence-electron chi connectivity index (χ3n) is 4.26. The number of para-hydroxylation sites is 1. The Morgan fingerprint density at radius 2 is 1.95 bits per heavy atom. The van der Waals surface area contributed by atoms with Crippen LogP contribution in [0.25, 0.3) is 0 Å². The molecule has 0 bridgehead atoms. The van der Waals surface area contributed by atoms with Crippen LogP contribution in [-0.4, -0.2) is 30.0 Å². The number of hydrogen-bond donors (Lipinski definition) is 0.